The van der Waals surface area contributed by atoms with Gasteiger partial charge in [-0.15, -0.1) is 0 Å². The number of rotatable bonds is 12. The highest BCUT2D eigenvalue weighted by atomic mass is 14.3. The van der Waals surface area contributed by atoms with Gasteiger partial charge in [-0.1, -0.05) is 78.1 Å². The third-order valence-electron chi connectivity index (χ3n) is 3.48. The zero-order valence-electron chi connectivity index (χ0n) is 12.0. The topological polar surface area (TPSA) is 23.8 Å². The first kappa shape index (κ1) is 16.5. The van der Waals surface area contributed by atoms with Crippen LogP contribution in [0.3, 0.4) is 0 Å². The minimum atomic E-state index is 0.324. The molecular weight excluding hydrogens is 206 g/mol. The summed E-state index contributed by atoms with van der Waals surface area (Å²) in [5.41, 5.74) is 0. The van der Waals surface area contributed by atoms with E-state index in [2.05, 4.69) is 19.9 Å². The van der Waals surface area contributed by atoms with Crippen LogP contribution in [0, 0.1) is 17.2 Å². The maximum Gasteiger partial charge on any atom is 0.0655 e. The molecule has 1 unspecified atom stereocenters. The summed E-state index contributed by atoms with van der Waals surface area (Å²) < 4.78 is 0. The summed E-state index contributed by atoms with van der Waals surface area (Å²) in [5, 5.41) is 8.93. The predicted molar refractivity (Wildman–Crippen MR) is 75.9 cm³/mol. The smallest absolute Gasteiger partial charge is 0.0655 e. The SMILES string of the molecule is CCCCCCCCCCCC(C#N)CCC. The lowest BCUT2D eigenvalue weighted by Crippen LogP contribution is -1.96. The Morgan fingerprint density at radius 3 is 1.71 bits per heavy atom. The maximum atomic E-state index is 8.93. The Kier molecular flexibility index (Phi) is 13.1. The van der Waals surface area contributed by atoms with E-state index in [1.165, 1.54) is 57.8 Å². The molecule has 0 N–H and O–H groups in total. The lowest BCUT2D eigenvalue weighted by molar-refractivity contribution is 0.493. The largest absolute Gasteiger partial charge is 0.198 e. The van der Waals surface area contributed by atoms with E-state index in [0.717, 1.165) is 19.3 Å². The van der Waals surface area contributed by atoms with Gasteiger partial charge in [0.25, 0.3) is 0 Å². The normalized spacial score (nSPS) is 12.3. The van der Waals surface area contributed by atoms with Crippen LogP contribution < -0.4 is 0 Å². The molecule has 0 amide bonds. The van der Waals surface area contributed by atoms with Crippen molar-refractivity contribution < 1.29 is 0 Å². The summed E-state index contributed by atoms with van der Waals surface area (Å²) in [7, 11) is 0. The van der Waals surface area contributed by atoms with E-state index in [0.29, 0.717) is 5.92 Å². The van der Waals surface area contributed by atoms with Gasteiger partial charge in [-0.2, -0.15) is 5.26 Å². The fourth-order valence-electron chi connectivity index (χ4n) is 2.32. The third kappa shape index (κ3) is 11.7. The number of unbranched alkanes of at least 4 members (excludes halogenated alkanes) is 8. The number of hydrogen-bond acceptors (Lipinski definition) is 1. The molecule has 0 rings (SSSR count). The van der Waals surface area contributed by atoms with Gasteiger partial charge in [0.15, 0.2) is 0 Å². The fraction of sp³-hybridized carbons (Fsp3) is 0.938. The van der Waals surface area contributed by atoms with Crippen molar-refractivity contribution in [3.05, 3.63) is 0 Å². The van der Waals surface area contributed by atoms with Crippen molar-refractivity contribution in [2.45, 2.75) is 90.9 Å². The molecule has 0 aromatic carbocycles. The molecule has 1 heteroatoms. The van der Waals surface area contributed by atoms with Gasteiger partial charge >= 0.3 is 0 Å². The van der Waals surface area contributed by atoms with Gasteiger partial charge in [-0.25, -0.2) is 0 Å². The first-order valence-corrected chi connectivity index (χ1v) is 7.74. The number of nitrogens with zero attached hydrogens (tertiary/aromatic N) is 1. The molecule has 0 radical (unpaired) electrons. The summed E-state index contributed by atoms with van der Waals surface area (Å²) in [6.07, 6.45) is 15.7. The van der Waals surface area contributed by atoms with Crippen molar-refractivity contribution >= 4 is 0 Å². The second-order valence-corrected chi connectivity index (χ2v) is 5.23. The van der Waals surface area contributed by atoms with Gasteiger partial charge in [-0.3, -0.25) is 0 Å². The van der Waals surface area contributed by atoms with E-state index in [1.54, 1.807) is 0 Å². The van der Waals surface area contributed by atoms with Gasteiger partial charge in [-0.05, 0) is 12.8 Å². The van der Waals surface area contributed by atoms with Crippen molar-refractivity contribution in [1.82, 2.24) is 0 Å². The molecule has 1 nitrogen and oxygen atoms in total. The first-order chi connectivity index (χ1) is 8.35. The second kappa shape index (κ2) is 13.6. The van der Waals surface area contributed by atoms with Crippen LogP contribution in [0.2, 0.25) is 0 Å². The highest BCUT2D eigenvalue weighted by Gasteiger charge is 2.04. The Balaban J connectivity index is 3.15. The van der Waals surface area contributed by atoms with E-state index < -0.39 is 0 Å². The molecule has 0 spiro atoms. The second-order valence-electron chi connectivity index (χ2n) is 5.23. The molecule has 0 fully saturated rings. The van der Waals surface area contributed by atoms with Gasteiger partial charge in [0.05, 0.1) is 6.07 Å². The van der Waals surface area contributed by atoms with E-state index in [9.17, 15) is 0 Å². The third-order valence-corrected chi connectivity index (χ3v) is 3.48. The Morgan fingerprint density at radius 1 is 0.706 bits per heavy atom. The number of nitriles is 1. The van der Waals surface area contributed by atoms with Crippen molar-refractivity contribution in [2.75, 3.05) is 0 Å². The monoisotopic (exact) mass is 237 g/mol. The Labute approximate surface area is 109 Å². The van der Waals surface area contributed by atoms with Crippen LogP contribution in [0.5, 0.6) is 0 Å². The van der Waals surface area contributed by atoms with E-state index >= 15 is 0 Å². The maximum absolute atomic E-state index is 8.93. The predicted octanol–water partition coefficient (Wildman–Crippen LogP) is 5.85. The van der Waals surface area contributed by atoms with Crippen molar-refractivity contribution in [3.63, 3.8) is 0 Å². The van der Waals surface area contributed by atoms with Crippen molar-refractivity contribution in [1.29, 1.82) is 5.26 Å². The van der Waals surface area contributed by atoms with E-state index in [-0.39, 0.29) is 0 Å². The van der Waals surface area contributed by atoms with Crippen molar-refractivity contribution in [2.24, 2.45) is 5.92 Å². The molecule has 1 atom stereocenters. The van der Waals surface area contributed by atoms with E-state index in [1.807, 2.05) is 0 Å². The van der Waals surface area contributed by atoms with Crippen LogP contribution in [0.1, 0.15) is 90.9 Å². The Morgan fingerprint density at radius 2 is 1.24 bits per heavy atom. The Bertz CT molecular complexity index is 180. The molecule has 0 saturated heterocycles. The molecule has 0 bridgehead atoms. The minimum absolute atomic E-state index is 0.324. The van der Waals surface area contributed by atoms with Crippen LogP contribution in [0.15, 0.2) is 0 Å². The molecule has 0 heterocycles. The van der Waals surface area contributed by atoms with Crippen LogP contribution >= 0.6 is 0 Å². The van der Waals surface area contributed by atoms with Crippen LogP contribution in [-0.4, -0.2) is 0 Å². The summed E-state index contributed by atoms with van der Waals surface area (Å²) in [6.45, 7) is 4.43. The molecule has 0 saturated carbocycles. The fourth-order valence-corrected chi connectivity index (χ4v) is 2.32. The van der Waals surface area contributed by atoms with Crippen LogP contribution in [0.4, 0.5) is 0 Å². The lowest BCUT2D eigenvalue weighted by Gasteiger charge is -2.06. The highest BCUT2D eigenvalue weighted by Crippen LogP contribution is 2.16. The summed E-state index contributed by atoms with van der Waals surface area (Å²) in [4.78, 5) is 0. The molecule has 0 aliphatic rings. The first-order valence-electron chi connectivity index (χ1n) is 7.74. The summed E-state index contributed by atoms with van der Waals surface area (Å²) in [5.74, 6) is 0.324. The average Bonchev–Trinajstić information content (AvgIpc) is 2.35. The molecule has 0 aromatic rings. The van der Waals surface area contributed by atoms with Crippen LogP contribution in [0.25, 0.3) is 0 Å². The van der Waals surface area contributed by atoms with Crippen molar-refractivity contribution in [3.8, 4) is 6.07 Å². The highest BCUT2D eigenvalue weighted by molar-refractivity contribution is 4.81. The summed E-state index contributed by atoms with van der Waals surface area (Å²) in [6, 6.07) is 2.43. The number of hydrogen-bond donors (Lipinski definition) is 0. The zero-order chi connectivity index (χ0) is 12.8. The van der Waals surface area contributed by atoms with Gasteiger partial charge in [0.1, 0.15) is 0 Å². The van der Waals surface area contributed by atoms with Crippen LogP contribution in [-0.2, 0) is 0 Å². The summed E-state index contributed by atoms with van der Waals surface area (Å²) >= 11 is 0. The lowest BCUT2D eigenvalue weighted by atomic mass is 9.97. The molecular formula is C16H31N. The van der Waals surface area contributed by atoms with Gasteiger partial charge in [0.2, 0.25) is 0 Å². The molecule has 17 heavy (non-hydrogen) atoms. The van der Waals surface area contributed by atoms with Gasteiger partial charge < -0.3 is 0 Å². The average molecular weight is 237 g/mol. The van der Waals surface area contributed by atoms with E-state index in [4.69, 9.17) is 5.26 Å². The zero-order valence-corrected chi connectivity index (χ0v) is 12.0. The van der Waals surface area contributed by atoms with Gasteiger partial charge in [0, 0.05) is 5.92 Å². The minimum Gasteiger partial charge on any atom is -0.198 e. The Hall–Kier alpha value is -0.510. The molecule has 100 valence electrons. The molecule has 0 aromatic heterocycles. The standard InChI is InChI=1S/C16H31N/c1-3-5-6-7-8-9-10-11-12-14-16(15-17)13-4-2/h16H,3-14H2,1-2H3. The quantitative estimate of drug-likeness (QED) is 0.391. The molecule has 0 aliphatic heterocycles. The molecule has 0 aliphatic carbocycles.